The van der Waals surface area contributed by atoms with Crippen LogP contribution in [0.1, 0.15) is 63.5 Å². The van der Waals surface area contributed by atoms with Gasteiger partial charge in [0.1, 0.15) is 25.9 Å². The maximum Gasteiger partial charge on any atom is 0.336 e. The monoisotopic (exact) mass is 906 g/mol. The molecule has 0 aromatic carbocycles. The van der Waals surface area contributed by atoms with Crippen LogP contribution in [0.3, 0.4) is 0 Å². The summed E-state index contributed by atoms with van der Waals surface area (Å²) in [6.07, 6.45) is 12.4. The summed E-state index contributed by atoms with van der Waals surface area (Å²) in [6, 6.07) is 7.56. The number of piperidine rings is 2. The van der Waals surface area contributed by atoms with Gasteiger partial charge in [-0.1, -0.05) is 12.1 Å². The zero-order valence-corrected chi connectivity index (χ0v) is 37.1. The molecule has 2 atom stereocenters. The number of aromatic nitrogens is 10. The third kappa shape index (κ3) is 8.72. The summed E-state index contributed by atoms with van der Waals surface area (Å²) < 4.78 is 13.2. The van der Waals surface area contributed by atoms with Crippen molar-refractivity contribution in [3.05, 3.63) is 83.0 Å². The number of likely N-dealkylation sites (tertiary alicyclic amines) is 4. The molecule has 0 radical (unpaired) electrons. The van der Waals surface area contributed by atoms with E-state index >= 15 is 0 Å². The van der Waals surface area contributed by atoms with E-state index in [9.17, 15) is 29.4 Å². The van der Waals surface area contributed by atoms with E-state index in [0.717, 1.165) is 87.2 Å². The van der Waals surface area contributed by atoms with Crippen molar-refractivity contribution in [2.75, 3.05) is 65.7 Å². The molecule has 10 rings (SSSR count). The average Bonchev–Trinajstić information content (AvgIpc) is 4.24. The van der Waals surface area contributed by atoms with Gasteiger partial charge >= 0.3 is 11.9 Å². The summed E-state index contributed by atoms with van der Waals surface area (Å²) >= 11 is 0. The Bertz CT molecular complexity index is 2290. The van der Waals surface area contributed by atoms with Gasteiger partial charge in [-0.25, -0.2) is 19.6 Å². The van der Waals surface area contributed by atoms with Crippen LogP contribution in [-0.2, 0) is 41.5 Å². The summed E-state index contributed by atoms with van der Waals surface area (Å²) in [6.45, 7) is 8.13. The first-order valence-corrected chi connectivity index (χ1v) is 22.5. The highest BCUT2D eigenvalue weighted by atomic mass is 16.5. The zero-order valence-electron chi connectivity index (χ0n) is 37.1. The van der Waals surface area contributed by atoms with Crippen molar-refractivity contribution in [2.45, 2.75) is 77.3 Å². The molecule has 0 unspecified atom stereocenters. The Labute approximate surface area is 380 Å². The number of ether oxygens (including phenoxy) is 2. The second kappa shape index (κ2) is 18.9. The molecule has 2 spiro atoms. The van der Waals surface area contributed by atoms with E-state index in [1.54, 1.807) is 36.0 Å². The maximum absolute atomic E-state index is 13.3. The van der Waals surface area contributed by atoms with E-state index in [2.05, 4.69) is 50.8 Å². The van der Waals surface area contributed by atoms with Crippen molar-refractivity contribution in [3.63, 3.8) is 0 Å². The highest BCUT2D eigenvalue weighted by Crippen LogP contribution is 2.45. The number of hydrogen-bond acceptors (Lipinski definition) is 18. The van der Waals surface area contributed by atoms with Crippen molar-refractivity contribution in [1.82, 2.24) is 70.0 Å². The Hall–Kier alpha value is -6.36. The lowest BCUT2D eigenvalue weighted by molar-refractivity contribution is -0.139. The summed E-state index contributed by atoms with van der Waals surface area (Å²) in [5.41, 5.74) is 3.78. The quantitative estimate of drug-likeness (QED) is 0.180. The minimum absolute atomic E-state index is 0.0351. The van der Waals surface area contributed by atoms with E-state index < -0.39 is 0 Å². The molecule has 66 heavy (non-hydrogen) atoms. The Kier molecular flexibility index (Phi) is 12.8. The first kappa shape index (κ1) is 44.8. The summed E-state index contributed by atoms with van der Waals surface area (Å²) in [7, 11) is 0. The third-order valence-electron chi connectivity index (χ3n) is 14.5. The van der Waals surface area contributed by atoms with Gasteiger partial charge in [-0.3, -0.25) is 19.4 Å². The fraction of sp³-hybridized carbons (Fsp3) is 0.545. The van der Waals surface area contributed by atoms with Gasteiger partial charge in [0.25, 0.3) is 0 Å². The first-order chi connectivity index (χ1) is 32.0. The Morgan fingerprint density at radius 2 is 0.985 bits per heavy atom. The number of esters is 2. The SMILES string of the molecule is CC1=C(N2CCC3(CCN([C@@H](CO)Cc4ccc(-n5cnnn5)nc4)CC3)C2=O)COC1=O.CC1=C(N2CCC3(CCN([C@H](CO)Cc4ccc(-n5cnnn5)nc4)CC3)C2=O)COC1=O. The molecule has 4 saturated heterocycles. The van der Waals surface area contributed by atoms with Gasteiger partial charge < -0.3 is 29.5 Å². The van der Waals surface area contributed by atoms with Gasteiger partial charge in [-0.2, -0.15) is 9.36 Å². The number of tetrazole rings is 2. The van der Waals surface area contributed by atoms with Crippen molar-refractivity contribution >= 4 is 23.8 Å². The molecule has 0 aliphatic carbocycles. The van der Waals surface area contributed by atoms with Crippen LogP contribution in [-0.4, -0.2) is 182 Å². The molecule has 4 fully saturated rings. The van der Waals surface area contributed by atoms with Crippen LogP contribution in [0.5, 0.6) is 0 Å². The average molecular weight is 907 g/mol. The van der Waals surface area contributed by atoms with Gasteiger partial charge in [0.05, 0.1) is 46.6 Å². The number of aliphatic hydroxyl groups is 2. The fourth-order valence-corrected chi connectivity index (χ4v) is 10.3. The van der Waals surface area contributed by atoms with Crippen LogP contribution in [0.25, 0.3) is 11.6 Å². The third-order valence-corrected chi connectivity index (χ3v) is 14.5. The second-order valence-corrected chi connectivity index (χ2v) is 18.0. The molecule has 6 aliphatic heterocycles. The summed E-state index contributed by atoms with van der Waals surface area (Å²) in [5, 5.41) is 42.3. The highest BCUT2D eigenvalue weighted by molar-refractivity contribution is 5.95. The smallest absolute Gasteiger partial charge is 0.336 e. The van der Waals surface area contributed by atoms with Crippen LogP contribution >= 0.6 is 0 Å². The molecule has 0 saturated carbocycles. The predicted molar refractivity (Wildman–Crippen MR) is 230 cm³/mol. The lowest BCUT2D eigenvalue weighted by Crippen LogP contribution is -2.49. The molecule has 10 heterocycles. The molecule has 22 nitrogen and oxygen atoms in total. The van der Waals surface area contributed by atoms with Crippen LogP contribution < -0.4 is 0 Å². The van der Waals surface area contributed by atoms with Crippen molar-refractivity contribution in [1.29, 1.82) is 0 Å². The van der Waals surface area contributed by atoms with Crippen LogP contribution in [0, 0.1) is 10.8 Å². The number of cyclic esters (lactones) is 2. The Morgan fingerprint density at radius 1 is 0.591 bits per heavy atom. The lowest BCUT2D eigenvalue weighted by Gasteiger charge is -2.41. The molecule has 0 bridgehead atoms. The number of rotatable bonds is 12. The maximum atomic E-state index is 13.3. The Morgan fingerprint density at radius 3 is 1.29 bits per heavy atom. The van der Waals surface area contributed by atoms with E-state index in [1.807, 2.05) is 24.3 Å². The number of amides is 2. The van der Waals surface area contributed by atoms with E-state index in [4.69, 9.17) is 9.47 Å². The predicted octanol–water partition coefficient (Wildman–Crippen LogP) is 0.212. The molecular weight excluding hydrogens is 853 g/mol. The van der Waals surface area contributed by atoms with Crippen molar-refractivity contribution in [2.24, 2.45) is 10.8 Å². The zero-order chi connectivity index (χ0) is 46.0. The van der Waals surface area contributed by atoms with Gasteiger partial charge in [0.2, 0.25) is 11.8 Å². The van der Waals surface area contributed by atoms with E-state index in [1.165, 1.54) is 22.0 Å². The number of nitrogens with zero attached hydrogens (tertiary/aromatic N) is 14. The van der Waals surface area contributed by atoms with Crippen LogP contribution in [0.15, 0.2) is 71.9 Å². The van der Waals surface area contributed by atoms with E-state index in [0.29, 0.717) is 48.7 Å². The Balaban J connectivity index is 0.000000166. The number of carbonyl (C=O) groups is 4. The molecule has 2 amide bonds. The molecule has 2 N–H and O–H groups in total. The molecule has 22 heteroatoms. The highest BCUT2D eigenvalue weighted by Gasteiger charge is 2.52. The normalized spacial score (nSPS) is 21.8. The van der Waals surface area contributed by atoms with Gasteiger partial charge in [0.15, 0.2) is 11.6 Å². The number of pyridine rings is 2. The summed E-state index contributed by atoms with van der Waals surface area (Å²) in [5.74, 6) is 0.816. The summed E-state index contributed by atoms with van der Waals surface area (Å²) in [4.78, 5) is 67.0. The fourth-order valence-electron chi connectivity index (χ4n) is 10.3. The molecule has 6 aliphatic rings. The van der Waals surface area contributed by atoms with Gasteiger partial charge in [0, 0.05) is 37.6 Å². The van der Waals surface area contributed by atoms with Gasteiger partial charge in [-0.15, -0.1) is 10.2 Å². The topological polar surface area (TPSA) is 253 Å². The number of hydrogen-bond donors (Lipinski definition) is 2. The van der Waals surface area contributed by atoms with Crippen molar-refractivity contribution < 1.29 is 38.9 Å². The second-order valence-electron chi connectivity index (χ2n) is 18.0. The minimum atomic E-state index is -0.384. The van der Waals surface area contributed by atoms with Crippen LogP contribution in [0.4, 0.5) is 0 Å². The molecular formula is C44H54N14O8. The van der Waals surface area contributed by atoms with Crippen LogP contribution in [0.2, 0.25) is 0 Å². The molecule has 4 aromatic rings. The first-order valence-electron chi connectivity index (χ1n) is 22.5. The van der Waals surface area contributed by atoms with Crippen molar-refractivity contribution in [3.8, 4) is 11.6 Å². The van der Waals surface area contributed by atoms with E-state index in [-0.39, 0.29) is 73.1 Å². The molecule has 4 aromatic heterocycles. The van der Waals surface area contributed by atoms with Gasteiger partial charge in [-0.05, 0) is 136 Å². The largest absolute Gasteiger partial charge is 0.456 e. The number of aliphatic hydroxyl groups excluding tert-OH is 2. The standard InChI is InChI=1S/2C22H27N7O4/c2*1-15-18(13-33-20(15)31)28-9-6-22(21(28)32)4-7-27(8-5-22)17(12-30)10-16-2-3-19(23-11-16)29-14-24-25-26-29/h2*2-3,11,14,17,30H,4-10,12-13H2,1H3/t2*17-/m10/s1. The minimum Gasteiger partial charge on any atom is -0.456 e. The molecule has 348 valence electrons. The number of carbonyl (C=O) groups excluding carboxylic acids is 4. The lowest BCUT2D eigenvalue weighted by atomic mass is 9.76.